The van der Waals surface area contributed by atoms with Gasteiger partial charge in [0.15, 0.2) is 0 Å². The van der Waals surface area contributed by atoms with Gasteiger partial charge in [0.1, 0.15) is 0 Å². The Kier molecular flexibility index (Phi) is 8.55. The molecule has 0 aliphatic heterocycles. The summed E-state index contributed by atoms with van der Waals surface area (Å²) >= 11 is 0. The summed E-state index contributed by atoms with van der Waals surface area (Å²) in [5, 5.41) is 11.0. The van der Waals surface area contributed by atoms with Crippen molar-refractivity contribution in [2.24, 2.45) is 5.16 Å². The molecule has 0 rings (SSSR count). The Balaban J connectivity index is 2.96. The first-order valence-corrected chi connectivity index (χ1v) is 4.22. The van der Waals surface area contributed by atoms with Crippen LogP contribution in [0.4, 0.5) is 0 Å². The lowest BCUT2D eigenvalue weighted by Gasteiger charge is -1.90. The highest BCUT2D eigenvalue weighted by atomic mass is 16.4. The molecule has 11 heavy (non-hydrogen) atoms. The van der Waals surface area contributed by atoms with E-state index < -0.39 is 0 Å². The number of nitrogens with zero attached hydrogens (tertiary/aromatic N) is 1. The second-order valence-electron chi connectivity index (χ2n) is 2.46. The fraction of sp³-hybridized carbons (Fsp3) is 0.667. The van der Waals surface area contributed by atoms with E-state index in [1.165, 1.54) is 6.42 Å². The van der Waals surface area contributed by atoms with Gasteiger partial charge in [-0.1, -0.05) is 19.1 Å². The van der Waals surface area contributed by atoms with Crippen LogP contribution >= 0.6 is 0 Å². The second kappa shape index (κ2) is 9.21. The van der Waals surface area contributed by atoms with Gasteiger partial charge in [-0.2, -0.15) is 0 Å². The third-order valence-corrected chi connectivity index (χ3v) is 1.44. The van der Waals surface area contributed by atoms with Gasteiger partial charge < -0.3 is 5.21 Å². The summed E-state index contributed by atoms with van der Waals surface area (Å²) in [7, 11) is 0. The Bertz CT molecular complexity index is 119. The van der Waals surface area contributed by atoms with Crippen LogP contribution in [0.25, 0.3) is 0 Å². The van der Waals surface area contributed by atoms with Crippen LogP contribution in [0.2, 0.25) is 0 Å². The molecule has 0 bridgehead atoms. The maximum atomic E-state index is 8.06. The summed E-state index contributed by atoms with van der Waals surface area (Å²) in [6, 6.07) is 0. The van der Waals surface area contributed by atoms with Gasteiger partial charge in [-0.15, -0.1) is 5.16 Å². The SMILES string of the molecule is CC/C=C\CCCCC=NO. The Morgan fingerprint density at radius 2 is 1.91 bits per heavy atom. The highest BCUT2D eigenvalue weighted by Crippen LogP contribution is 1.99. The predicted molar refractivity (Wildman–Crippen MR) is 48.2 cm³/mol. The minimum atomic E-state index is 0.885. The van der Waals surface area contributed by atoms with Gasteiger partial charge in [-0.3, -0.25) is 0 Å². The summed E-state index contributed by atoms with van der Waals surface area (Å²) in [4.78, 5) is 0. The fourth-order valence-corrected chi connectivity index (χ4v) is 0.840. The van der Waals surface area contributed by atoms with Gasteiger partial charge in [-0.25, -0.2) is 0 Å². The summed E-state index contributed by atoms with van der Waals surface area (Å²) in [6.45, 7) is 2.13. The van der Waals surface area contributed by atoms with Crippen molar-refractivity contribution in [2.75, 3.05) is 0 Å². The van der Waals surface area contributed by atoms with Crippen LogP contribution in [-0.2, 0) is 0 Å². The lowest BCUT2D eigenvalue weighted by atomic mass is 10.2. The van der Waals surface area contributed by atoms with E-state index in [1.807, 2.05) is 0 Å². The van der Waals surface area contributed by atoms with Crippen molar-refractivity contribution < 1.29 is 5.21 Å². The van der Waals surface area contributed by atoms with Gasteiger partial charge in [0.25, 0.3) is 0 Å². The van der Waals surface area contributed by atoms with Crippen molar-refractivity contribution in [3.05, 3.63) is 12.2 Å². The van der Waals surface area contributed by atoms with E-state index in [4.69, 9.17) is 5.21 Å². The molecule has 1 N–H and O–H groups in total. The van der Waals surface area contributed by atoms with E-state index in [2.05, 4.69) is 24.2 Å². The Morgan fingerprint density at radius 1 is 1.18 bits per heavy atom. The van der Waals surface area contributed by atoms with E-state index in [9.17, 15) is 0 Å². The van der Waals surface area contributed by atoms with Crippen LogP contribution in [-0.4, -0.2) is 11.4 Å². The van der Waals surface area contributed by atoms with E-state index >= 15 is 0 Å². The second-order valence-corrected chi connectivity index (χ2v) is 2.46. The summed E-state index contributed by atoms with van der Waals surface area (Å²) in [5.74, 6) is 0. The minimum absolute atomic E-state index is 0.885. The monoisotopic (exact) mass is 155 g/mol. The smallest absolute Gasteiger partial charge is 0.0435 e. The molecule has 2 heteroatoms. The van der Waals surface area contributed by atoms with Crippen LogP contribution in [0, 0.1) is 0 Å². The number of oxime groups is 1. The Morgan fingerprint density at radius 3 is 2.55 bits per heavy atom. The molecule has 0 aromatic carbocycles. The largest absolute Gasteiger partial charge is 0.411 e. The van der Waals surface area contributed by atoms with Crippen molar-refractivity contribution in [1.82, 2.24) is 0 Å². The lowest BCUT2D eigenvalue weighted by molar-refractivity contribution is 0.320. The molecule has 0 amide bonds. The number of unbranched alkanes of at least 4 members (excludes halogenated alkanes) is 3. The number of allylic oxidation sites excluding steroid dienone is 2. The first kappa shape index (κ1) is 10.2. The minimum Gasteiger partial charge on any atom is -0.411 e. The van der Waals surface area contributed by atoms with Gasteiger partial charge in [-0.05, 0) is 32.1 Å². The summed E-state index contributed by atoms with van der Waals surface area (Å²) < 4.78 is 0. The Hall–Kier alpha value is -0.790. The van der Waals surface area contributed by atoms with E-state index in [-0.39, 0.29) is 0 Å². The van der Waals surface area contributed by atoms with Crippen LogP contribution in [0.15, 0.2) is 17.3 Å². The molecule has 0 heterocycles. The molecule has 0 saturated heterocycles. The highest BCUT2D eigenvalue weighted by Gasteiger charge is 1.82. The summed E-state index contributed by atoms with van der Waals surface area (Å²) in [6.07, 6.45) is 11.4. The van der Waals surface area contributed by atoms with Gasteiger partial charge in [0.05, 0.1) is 0 Å². The lowest BCUT2D eigenvalue weighted by Crippen LogP contribution is -1.76. The van der Waals surface area contributed by atoms with Crippen molar-refractivity contribution in [3.8, 4) is 0 Å². The summed E-state index contributed by atoms with van der Waals surface area (Å²) in [5.41, 5.74) is 0. The van der Waals surface area contributed by atoms with Crippen LogP contribution < -0.4 is 0 Å². The molecule has 0 aliphatic rings. The molecule has 0 saturated carbocycles. The van der Waals surface area contributed by atoms with Gasteiger partial charge in [0.2, 0.25) is 0 Å². The van der Waals surface area contributed by atoms with Crippen LogP contribution in [0.3, 0.4) is 0 Å². The normalized spacial score (nSPS) is 11.7. The molecule has 0 fully saturated rings. The molecule has 0 radical (unpaired) electrons. The molecule has 2 nitrogen and oxygen atoms in total. The fourth-order valence-electron chi connectivity index (χ4n) is 0.840. The molecule has 0 aliphatic carbocycles. The molecular weight excluding hydrogens is 138 g/mol. The van der Waals surface area contributed by atoms with Crippen LogP contribution in [0.1, 0.15) is 39.0 Å². The maximum Gasteiger partial charge on any atom is 0.0435 e. The average molecular weight is 155 g/mol. The average Bonchev–Trinajstić information content (AvgIpc) is 2.03. The first-order valence-electron chi connectivity index (χ1n) is 4.22. The number of hydrogen-bond donors (Lipinski definition) is 1. The third-order valence-electron chi connectivity index (χ3n) is 1.44. The van der Waals surface area contributed by atoms with Gasteiger partial charge in [0, 0.05) is 6.21 Å². The standard InChI is InChI=1S/C9H17NO/c1-2-3-4-5-6-7-8-9-10-11/h3-4,9,11H,2,5-8H2,1H3/b4-3-,10-9?. The molecule has 0 atom stereocenters. The molecule has 0 aromatic rings. The van der Waals surface area contributed by atoms with Crippen LogP contribution in [0.5, 0.6) is 0 Å². The van der Waals surface area contributed by atoms with E-state index in [0.717, 1.165) is 25.7 Å². The zero-order chi connectivity index (χ0) is 8.36. The maximum absolute atomic E-state index is 8.06. The van der Waals surface area contributed by atoms with Crippen molar-refractivity contribution in [2.45, 2.75) is 39.0 Å². The molecule has 0 aromatic heterocycles. The Labute approximate surface area is 68.6 Å². The number of hydrogen-bond acceptors (Lipinski definition) is 2. The number of rotatable bonds is 6. The molecule has 0 spiro atoms. The van der Waals surface area contributed by atoms with Crippen molar-refractivity contribution in [3.63, 3.8) is 0 Å². The molecule has 0 unspecified atom stereocenters. The van der Waals surface area contributed by atoms with Crippen molar-refractivity contribution in [1.29, 1.82) is 0 Å². The molecule has 64 valence electrons. The highest BCUT2D eigenvalue weighted by molar-refractivity contribution is 5.55. The topological polar surface area (TPSA) is 32.6 Å². The molecular formula is C9H17NO. The predicted octanol–water partition coefficient (Wildman–Crippen LogP) is 2.97. The van der Waals surface area contributed by atoms with E-state index in [1.54, 1.807) is 6.21 Å². The van der Waals surface area contributed by atoms with E-state index in [0.29, 0.717) is 0 Å². The first-order chi connectivity index (χ1) is 5.41. The third kappa shape index (κ3) is 9.21. The zero-order valence-electron chi connectivity index (χ0n) is 7.16. The zero-order valence-corrected chi connectivity index (χ0v) is 7.16. The quantitative estimate of drug-likeness (QED) is 0.206. The van der Waals surface area contributed by atoms with Gasteiger partial charge >= 0.3 is 0 Å². The van der Waals surface area contributed by atoms with Crippen molar-refractivity contribution >= 4 is 6.21 Å².